The Labute approximate surface area is 108 Å². The summed E-state index contributed by atoms with van der Waals surface area (Å²) in [5, 5.41) is 0. The van der Waals surface area contributed by atoms with E-state index >= 15 is 0 Å². The summed E-state index contributed by atoms with van der Waals surface area (Å²) < 4.78 is 14.3. The van der Waals surface area contributed by atoms with Gasteiger partial charge in [-0.05, 0) is 37.1 Å². The molecule has 1 heterocycles. The first-order valence-corrected chi connectivity index (χ1v) is 6.35. The van der Waals surface area contributed by atoms with Crippen molar-refractivity contribution in [1.29, 1.82) is 0 Å². The van der Waals surface area contributed by atoms with Crippen LogP contribution in [0, 0.1) is 11.7 Å². The maximum atomic E-state index is 13.6. The predicted octanol–water partition coefficient (Wildman–Crippen LogP) is 2.01. The van der Waals surface area contributed by atoms with E-state index in [4.69, 9.17) is 5.73 Å². The minimum Gasteiger partial charge on any atom is -0.338 e. The Bertz CT molecular complexity index is 439. The number of hydrogen-bond acceptors (Lipinski definition) is 2. The number of benzene rings is 1. The summed E-state index contributed by atoms with van der Waals surface area (Å²) >= 11 is 3.24. The van der Waals surface area contributed by atoms with Crippen molar-refractivity contribution >= 4 is 21.8 Å². The first kappa shape index (κ1) is 12.5. The number of hydrogen-bond donors (Lipinski definition) is 1. The maximum absolute atomic E-state index is 13.6. The van der Waals surface area contributed by atoms with Crippen LogP contribution in [0.15, 0.2) is 22.7 Å². The lowest BCUT2D eigenvalue weighted by Gasteiger charge is -2.16. The van der Waals surface area contributed by atoms with Crippen LogP contribution in [0.25, 0.3) is 0 Å². The van der Waals surface area contributed by atoms with Gasteiger partial charge in [0.05, 0.1) is 5.56 Å². The minimum atomic E-state index is -0.477. The third-order valence-electron chi connectivity index (χ3n) is 3.07. The third kappa shape index (κ3) is 2.66. The number of likely N-dealkylation sites (tertiary alicyclic amines) is 1. The fourth-order valence-corrected chi connectivity index (χ4v) is 2.40. The lowest BCUT2D eigenvalue weighted by Crippen LogP contribution is -2.30. The molecule has 0 spiro atoms. The second kappa shape index (κ2) is 5.14. The zero-order valence-electron chi connectivity index (χ0n) is 9.33. The van der Waals surface area contributed by atoms with Crippen LogP contribution in [-0.4, -0.2) is 30.4 Å². The maximum Gasteiger partial charge on any atom is 0.256 e. The Morgan fingerprint density at radius 1 is 1.59 bits per heavy atom. The van der Waals surface area contributed by atoms with Gasteiger partial charge in [0.1, 0.15) is 5.82 Å². The monoisotopic (exact) mass is 300 g/mol. The zero-order chi connectivity index (χ0) is 12.4. The molecule has 0 unspecified atom stereocenters. The largest absolute Gasteiger partial charge is 0.338 e. The Morgan fingerprint density at radius 2 is 2.35 bits per heavy atom. The average Bonchev–Trinajstić information content (AvgIpc) is 2.80. The fourth-order valence-electron chi connectivity index (χ4n) is 2.04. The van der Waals surface area contributed by atoms with E-state index in [9.17, 15) is 9.18 Å². The minimum absolute atomic E-state index is 0.122. The van der Waals surface area contributed by atoms with Crippen LogP contribution in [0.5, 0.6) is 0 Å². The molecule has 3 nitrogen and oxygen atoms in total. The molecule has 0 bridgehead atoms. The van der Waals surface area contributed by atoms with Crippen LogP contribution in [0.3, 0.4) is 0 Å². The average molecular weight is 301 g/mol. The van der Waals surface area contributed by atoms with Crippen molar-refractivity contribution in [2.24, 2.45) is 11.7 Å². The Balaban J connectivity index is 2.17. The van der Waals surface area contributed by atoms with Gasteiger partial charge >= 0.3 is 0 Å². The summed E-state index contributed by atoms with van der Waals surface area (Å²) in [5.74, 6) is -0.386. The van der Waals surface area contributed by atoms with E-state index in [0.717, 1.165) is 6.42 Å². The number of amides is 1. The number of nitrogens with zero attached hydrogens (tertiary/aromatic N) is 1. The van der Waals surface area contributed by atoms with Crippen molar-refractivity contribution in [2.45, 2.75) is 6.42 Å². The molecule has 1 amide bonds. The van der Waals surface area contributed by atoms with Gasteiger partial charge in [0.15, 0.2) is 0 Å². The number of halogens is 2. The van der Waals surface area contributed by atoms with Crippen LogP contribution in [0.1, 0.15) is 16.8 Å². The van der Waals surface area contributed by atoms with Crippen LogP contribution in [0.4, 0.5) is 4.39 Å². The van der Waals surface area contributed by atoms with Crippen molar-refractivity contribution < 1.29 is 9.18 Å². The van der Waals surface area contributed by atoms with Crippen LogP contribution >= 0.6 is 15.9 Å². The van der Waals surface area contributed by atoms with E-state index in [1.807, 2.05) is 0 Å². The van der Waals surface area contributed by atoms with Crippen molar-refractivity contribution in [3.8, 4) is 0 Å². The molecule has 1 atom stereocenters. The SMILES string of the molecule is NC[C@H]1CCN(C(=O)c2cc(Br)ccc2F)C1. The molecule has 0 saturated carbocycles. The summed E-state index contributed by atoms with van der Waals surface area (Å²) in [4.78, 5) is 13.8. The molecule has 1 aliphatic rings. The molecule has 1 aromatic rings. The summed E-state index contributed by atoms with van der Waals surface area (Å²) in [5.41, 5.74) is 5.69. The van der Waals surface area contributed by atoms with Gasteiger partial charge in [-0.15, -0.1) is 0 Å². The molecular formula is C12H14BrFN2O. The molecule has 92 valence electrons. The summed E-state index contributed by atoms with van der Waals surface area (Å²) in [7, 11) is 0. The first-order valence-electron chi connectivity index (χ1n) is 5.56. The fraction of sp³-hybridized carbons (Fsp3) is 0.417. The van der Waals surface area contributed by atoms with E-state index in [2.05, 4.69) is 15.9 Å². The number of nitrogens with two attached hydrogens (primary N) is 1. The van der Waals surface area contributed by atoms with Gasteiger partial charge in [-0.1, -0.05) is 15.9 Å². The molecule has 5 heteroatoms. The molecule has 1 aliphatic heterocycles. The topological polar surface area (TPSA) is 46.3 Å². The Morgan fingerprint density at radius 3 is 3.00 bits per heavy atom. The smallest absolute Gasteiger partial charge is 0.256 e. The highest BCUT2D eigenvalue weighted by Crippen LogP contribution is 2.21. The molecular weight excluding hydrogens is 287 g/mol. The van der Waals surface area contributed by atoms with Crippen molar-refractivity contribution in [2.75, 3.05) is 19.6 Å². The van der Waals surface area contributed by atoms with Gasteiger partial charge < -0.3 is 10.6 Å². The van der Waals surface area contributed by atoms with Gasteiger partial charge in [0, 0.05) is 17.6 Å². The third-order valence-corrected chi connectivity index (χ3v) is 3.56. The van der Waals surface area contributed by atoms with E-state index in [1.165, 1.54) is 12.1 Å². The van der Waals surface area contributed by atoms with Gasteiger partial charge in [-0.25, -0.2) is 4.39 Å². The van der Waals surface area contributed by atoms with Crippen LogP contribution in [-0.2, 0) is 0 Å². The standard InChI is InChI=1S/C12H14BrFN2O/c13-9-1-2-11(14)10(5-9)12(17)16-4-3-8(6-15)7-16/h1-2,5,8H,3-4,6-7,15H2/t8-/m1/s1. The molecule has 0 aliphatic carbocycles. The highest BCUT2D eigenvalue weighted by Gasteiger charge is 2.27. The summed E-state index contributed by atoms with van der Waals surface area (Å²) in [6.07, 6.45) is 0.901. The number of carbonyl (C=O) groups is 1. The second-order valence-corrected chi connectivity index (χ2v) is 5.18. The van der Waals surface area contributed by atoms with Gasteiger partial charge in [0.25, 0.3) is 5.91 Å². The van der Waals surface area contributed by atoms with Crippen molar-refractivity contribution in [3.05, 3.63) is 34.1 Å². The highest BCUT2D eigenvalue weighted by atomic mass is 79.9. The van der Waals surface area contributed by atoms with Gasteiger partial charge in [-0.2, -0.15) is 0 Å². The highest BCUT2D eigenvalue weighted by molar-refractivity contribution is 9.10. The molecule has 17 heavy (non-hydrogen) atoms. The van der Waals surface area contributed by atoms with E-state index in [-0.39, 0.29) is 11.5 Å². The molecule has 1 saturated heterocycles. The van der Waals surface area contributed by atoms with Gasteiger partial charge in [-0.3, -0.25) is 4.79 Å². The first-order chi connectivity index (χ1) is 8.11. The normalized spacial score (nSPS) is 19.7. The molecule has 1 fully saturated rings. The summed E-state index contributed by atoms with van der Waals surface area (Å²) in [6, 6.07) is 4.40. The van der Waals surface area contributed by atoms with E-state index in [1.54, 1.807) is 11.0 Å². The molecule has 0 aromatic heterocycles. The van der Waals surface area contributed by atoms with Crippen molar-refractivity contribution in [3.63, 3.8) is 0 Å². The van der Waals surface area contributed by atoms with Crippen LogP contribution < -0.4 is 5.73 Å². The van der Waals surface area contributed by atoms with E-state index in [0.29, 0.717) is 30.0 Å². The number of rotatable bonds is 2. The quantitative estimate of drug-likeness (QED) is 0.908. The lowest BCUT2D eigenvalue weighted by molar-refractivity contribution is 0.0783. The molecule has 1 aromatic carbocycles. The Kier molecular flexibility index (Phi) is 3.79. The Hall–Kier alpha value is -0.940. The van der Waals surface area contributed by atoms with Crippen molar-refractivity contribution in [1.82, 2.24) is 4.90 Å². The zero-order valence-corrected chi connectivity index (χ0v) is 10.9. The lowest BCUT2D eigenvalue weighted by atomic mass is 10.1. The molecule has 2 rings (SSSR count). The molecule has 2 N–H and O–H groups in total. The van der Waals surface area contributed by atoms with Gasteiger partial charge in [0.2, 0.25) is 0 Å². The molecule has 0 radical (unpaired) electrons. The van der Waals surface area contributed by atoms with Crippen LogP contribution in [0.2, 0.25) is 0 Å². The predicted molar refractivity (Wildman–Crippen MR) is 67.2 cm³/mol. The summed E-state index contributed by atoms with van der Waals surface area (Å²) in [6.45, 7) is 1.86. The second-order valence-electron chi connectivity index (χ2n) is 4.27. The van der Waals surface area contributed by atoms with E-state index < -0.39 is 5.82 Å². The number of carbonyl (C=O) groups excluding carboxylic acids is 1.